The minimum absolute atomic E-state index is 0.236. The number of hydrogen-bond donors (Lipinski definition) is 0. The van der Waals surface area contributed by atoms with Gasteiger partial charge in [0.15, 0.2) is 11.6 Å². The van der Waals surface area contributed by atoms with Gasteiger partial charge in [0, 0.05) is 16.5 Å². The van der Waals surface area contributed by atoms with Crippen LogP contribution in [0.1, 0.15) is 71.9 Å². The van der Waals surface area contributed by atoms with E-state index >= 15 is 0 Å². The van der Waals surface area contributed by atoms with Crippen LogP contribution in [0.4, 0.5) is 0 Å². The minimum atomic E-state index is -0.972. The van der Waals surface area contributed by atoms with Crippen molar-refractivity contribution in [2.45, 2.75) is 52.3 Å². The van der Waals surface area contributed by atoms with E-state index in [0.29, 0.717) is 52.1 Å². The Kier molecular flexibility index (Phi) is 8.11. The predicted molar refractivity (Wildman–Crippen MR) is 156 cm³/mol. The van der Waals surface area contributed by atoms with E-state index in [1.807, 2.05) is 62.6 Å². The van der Waals surface area contributed by atoms with Crippen LogP contribution in [-0.4, -0.2) is 30.4 Å². The molecule has 3 aromatic carbocycles. The molecule has 1 aliphatic rings. The number of nitrogens with zero attached hydrogens (tertiary/aromatic N) is 1. The molecule has 0 amide bonds. The summed E-state index contributed by atoms with van der Waals surface area (Å²) in [5, 5.41) is 0.913. The lowest BCUT2D eigenvalue weighted by Gasteiger charge is -2.17. The van der Waals surface area contributed by atoms with Gasteiger partial charge in [-0.2, -0.15) is 0 Å². The summed E-state index contributed by atoms with van der Waals surface area (Å²) in [6.45, 7) is 6.99. The van der Waals surface area contributed by atoms with Gasteiger partial charge in [-0.15, -0.1) is 0 Å². The smallest absolute Gasteiger partial charge is 0.180 e. The van der Waals surface area contributed by atoms with E-state index in [0.717, 1.165) is 23.7 Å². The summed E-state index contributed by atoms with van der Waals surface area (Å²) >= 11 is 0. The number of Topliss-reactive ketones (excluding diaryl/α,β-unsaturated/α-hetero) is 2. The van der Waals surface area contributed by atoms with Crippen LogP contribution in [-0.2, 0) is 0 Å². The quantitative estimate of drug-likeness (QED) is 0.156. The van der Waals surface area contributed by atoms with Crippen molar-refractivity contribution in [1.29, 1.82) is 0 Å². The number of ether oxygens (including phenoxy) is 2. The Morgan fingerprint density at radius 2 is 1.67 bits per heavy atom. The molecule has 1 aromatic heterocycles. The average Bonchev–Trinajstić information content (AvgIpc) is 3.22. The Labute approximate surface area is 230 Å². The number of rotatable bonds is 11. The Balaban J connectivity index is 1.39. The minimum Gasteiger partial charge on any atom is -0.491 e. The third-order valence-electron chi connectivity index (χ3n) is 7.51. The van der Waals surface area contributed by atoms with Gasteiger partial charge in [0.2, 0.25) is 0 Å². The number of unbranched alkanes of at least 4 members (excludes halogenated alkanes) is 1. The van der Waals surface area contributed by atoms with Crippen LogP contribution >= 0.6 is 0 Å². The van der Waals surface area contributed by atoms with E-state index in [-0.39, 0.29) is 11.6 Å². The molecule has 0 aliphatic heterocycles. The standard InChI is InChI=1S/C33H33BNO4/c1-4-6-8-21(5-2)20-38-29-10-7-9-22-11-18-28(35-31(22)29)30-32(36)26-17-16-25(19-27(26)33(30)37)39-24-14-12-23(34-3)13-15-24/h7,9-19,21,30H,4-6,8,20H2,1-3H3. The summed E-state index contributed by atoms with van der Waals surface area (Å²) in [6.07, 6.45) is 4.54. The van der Waals surface area contributed by atoms with Gasteiger partial charge < -0.3 is 9.47 Å². The van der Waals surface area contributed by atoms with Crippen LogP contribution in [0, 0.1) is 5.92 Å². The van der Waals surface area contributed by atoms with E-state index in [2.05, 4.69) is 13.8 Å². The number of aromatic nitrogens is 1. The molecule has 39 heavy (non-hydrogen) atoms. The molecule has 1 radical (unpaired) electrons. The molecule has 0 saturated carbocycles. The number of benzene rings is 3. The molecular weight excluding hydrogens is 485 g/mol. The second kappa shape index (κ2) is 11.9. The van der Waals surface area contributed by atoms with Crippen molar-refractivity contribution in [3.63, 3.8) is 0 Å². The van der Waals surface area contributed by atoms with Gasteiger partial charge in [-0.05, 0) is 54.8 Å². The van der Waals surface area contributed by atoms with Gasteiger partial charge in [-0.1, -0.05) is 75.7 Å². The SMILES string of the molecule is C[B]c1ccc(Oc2ccc3c(c2)C(=O)C(c2ccc4cccc(OCC(CC)CCCC)c4n2)C3=O)cc1. The second-order valence-corrected chi connectivity index (χ2v) is 10.1. The number of carbonyl (C=O) groups excluding carboxylic acids is 2. The summed E-state index contributed by atoms with van der Waals surface area (Å²) in [6, 6.07) is 22.3. The van der Waals surface area contributed by atoms with E-state index < -0.39 is 5.92 Å². The third kappa shape index (κ3) is 5.61. The molecule has 1 aliphatic carbocycles. The van der Waals surface area contributed by atoms with Crippen molar-refractivity contribution in [3.8, 4) is 17.2 Å². The Morgan fingerprint density at radius 1 is 0.897 bits per heavy atom. The van der Waals surface area contributed by atoms with Gasteiger partial charge in [-0.3, -0.25) is 9.59 Å². The fourth-order valence-electron chi connectivity index (χ4n) is 5.09. The molecule has 0 spiro atoms. The van der Waals surface area contributed by atoms with Gasteiger partial charge in [-0.25, -0.2) is 4.98 Å². The maximum Gasteiger partial charge on any atom is 0.180 e. The van der Waals surface area contributed by atoms with Crippen molar-refractivity contribution in [3.05, 3.63) is 89.6 Å². The Morgan fingerprint density at radius 3 is 2.41 bits per heavy atom. The van der Waals surface area contributed by atoms with Crippen molar-refractivity contribution in [2.75, 3.05) is 6.61 Å². The monoisotopic (exact) mass is 518 g/mol. The van der Waals surface area contributed by atoms with Crippen LogP contribution < -0.4 is 14.9 Å². The second-order valence-electron chi connectivity index (χ2n) is 10.1. The number of carbonyl (C=O) groups is 2. The maximum absolute atomic E-state index is 13.5. The molecule has 5 nitrogen and oxygen atoms in total. The lowest BCUT2D eigenvalue weighted by atomic mass is 9.73. The lowest BCUT2D eigenvalue weighted by molar-refractivity contribution is 0.0888. The molecule has 0 saturated heterocycles. The van der Waals surface area contributed by atoms with Crippen molar-refractivity contribution in [2.24, 2.45) is 5.92 Å². The highest BCUT2D eigenvalue weighted by atomic mass is 16.5. The van der Waals surface area contributed by atoms with E-state index in [4.69, 9.17) is 14.5 Å². The largest absolute Gasteiger partial charge is 0.491 e. The topological polar surface area (TPSA) is 65.5 Å². The summed E-state index contributed by atoms with van der Waals surface area (Å²) in [7, 11) is 2.01. The number of pyridine rings is 1. The first-order valence-corrected chi connectivity index (χ1v) is 13.8. The van der Waals surface area contributed by atoms with Crippen LogP contribution in [0.2, 0.25) is 6.82 Å². The molecule has 0 fully saturated rings. The molecule has 0 N–H and O–H groups in total. The summed E-state index contributed by atoms with van der Waals surface area (Å²) in [4.78, 5) is 31.7. The number of fused-ring (bicyclic) bond motifs is 2. The highest BCUT2D eigenvalue weighted by molar-refractivity contribution is 6.51. The van der Waals surface area contributed by atoms with E-state index in [1.165, 1.54) is 12.8 Å². The van der Waals surface area contributed by atoms with Crippen molar-refractivity contribution < 1.29 is 19.1 Å². The number of hydrogen-bond acceptors (Lipinski definition) is 5. The van der Waals surface area contributed by atoms with Crippen LogP contribution in [0.15, 0.2) is 72.8 Å². The zero-order valence-electron chi connectivity index (χ0n) is 22.8. The highest BCUT2D eigenvalue weighted by Gasteiger charge is 2.41. The molecule has 2 unspecified atom stereocenters. The van der Waals surface area contributed by atoms with Crippen LogP contribution in [0.25, 0.3) is 10.9 Å². The Hall–Kier alpha value is -3.93. The molecule has 0 bridgehead atoms. The van der Waals surface area contributed by atoms with Gasteiger partial charge >= 0.3 is 0 Å². The fraction of sp³-hybridized carbons (Fsp3) is 0.303. The lowest BCUT2D eigenvalue weighted by Crippen LogP contribution is -2.15. The van der Waals surface area contributed by atoms with Crippen LogP contribution in [0.5, 0.6) is 17.2 Å². The molecular formula is C33H33BNO4. The first-order valence-electron chi connectivity index (χ1n) is 13.8. The number of para-hydroxylation sites is 1. The molecule has 4 aromatic rings. The first kappa shape index (κ1) is 26.7. The summed E-state index contributed by atoms with van der Waals surface area (Å²) in [5.41, 5.74) is 2.99. The zero-order valence-corrected chi connectivity index (χ0v) is 22.8. The molecule has 5 rings (SSSR count). The third-order valence-corrected chi connectivity index (χ3v) is 7.51. The van der Waals surface area contributed by atoms with Crippen LogP contribution in [0.3, 0.4) is 0 Å². The normalized spacial score (nSPS) is 15.3. The fourth-order valence-corrected chi connectivity index (χ4v) is 5.09. The first-order chi connectivity index (χ1) is 19.0. The molecule has 2 atom stereocenters. The Bertz CT molecular complexity index is 1500. The maximum atomic E-state index is 13.5. The van der Waals surface area contributed by atoms with Crippen molar-refractivity contribution in [1.82, 2.24) is 4.98 Å². The average molecular weight is 518 g/mol. The van der Waals surface area contributed by atoms with Gasteiger partial charge in [0.1, 0.15) is 36.0 Å². The highest BCUT2D eigenvalue weighted by Crippen LogP contribution is 2.37. The molecule has 1 heterocycles. The molecule has 6 heteroatoms. The van der Waals surface area contributed by atoms with Gasteiger partial charge in [0.05, 0.1) is 12.3 Å². The summed E-state index contributed by atoms with van der Waals surface area (Å²) < 4.78 is 12.2. The zero-order chi connectivity index (χ0) is 27.4. The van der Waals surface area contributed by atoms with E-state index in [9.17, 15) is 9.59 Å². The molecule has 197 valence electrons. The summed E-state index contributed by atoms with van der Waals surface area (Å²) in [5.74, 6) is 0.877. The van der Waals surface area contributed by atoms with Gasteiger partial charge in [0.25, 0.3) is 0 Å². The van der Waals surface area contributed by atoms with E-state index in [1.54, 1.807) is 24.3 Å². The van der Waals surface area contributed by atoms with Crippen molar-refractivity contribution >= 4 is 35.2 Å². The number of ketones is 2. The predicted octanol–water partition coefficient (Wildman–Crippen LogP) is 7.16.